The van der Waals surface area contributed by atoms with Gasteiger partial charge in [0.15, 0.2) is 0 Å². The molecule has 0 amide bonds. The Balaban J connectivity index is 1.74. The highest BCUT2D eigenvalue weighted by molar-refractivity contribution is 5.97. The number of esters is 2. The van der Waals surface area contributed by atoms with Crippen LogP contribution in [0.1, 0.15) is 98.4 Å². The smallest absolute Gasteiger partial charge is 0.434 e. The number of aryl methyl sites for hydroxylation is 2. The Morgan fingerprint density at radius 2 is 1.02 bits per heavy atom. The Morgan fingerprint density at radius 1 is 0.615 bits per heavy atom. The molecule has 0 aromatic carbocycles. The van der Waals surface area contributed by atoms with E-state index < -0.39 is 24.2 Å². The van der Waals surface area contributed by atoms with Crippen LogP contribution in [0.3, 0.4) is 0 Å². The van der Waals surface area contributed by atoms with Crippen molar-refractivity contribution in [2.75, 3.05) is 13.2 Å². The predicted octanol–water partition coefficient (Wildman–Crippen LogP) is 9.04. The van der Waals surface area contributed by atoms with Gasteiger partial charge in [-0.25, -0.2) is 19.6 Å². The van der Waals surface area contributed by atoms with Crippen molar-refractivity contribution in [1.82, 2.24) is 19.9 Å². The number of carbonyl (C=O) groups excluding carboxylic acids is 4. The van der Waals surface area contributed by atoms with Gasteiger partial charge in [-0.3, -0.25) is 9.59 Å². The molecule has 8 bridgehead atoms. The number of nitrogens with zero attached hydrogens (tertiary/aromatic N) is 2. The van der Waals surface area contributed by atoms with E-state index in [-0.39, 0.29) is 38.9 Å². The van der Waals surface area contributed by atoms with E-state index >= 15 is 0 Å². The topological polar surface area (TPSA) is 163 Å². The summed E-state index contributed by atoms with van der Waals surface area (Å²) in [5, 5.41) is 0. The van der Waals surface area contributed by atoms with Crippen LogP contribution in [0.2, 0.25) is 0 Å². The van der Waals surface area contributed by atoms with Crippen LogP contribution in [0.25, 0.3) is 56.5 Å². The molecule has 52 heavy (non-hydrogen) atoms. The van der Waals surface area contributed by atoms with Crippen molar-refractivity contribution in [3.8, 4) is 0 Å². The van der Waals surface area contributed by atoms with Gasteiger partial charge in [0.25, 0.3) is 0 Å². The second-order valence-electron chi connectivity index (χ2n) is 12.3. The Hall–Kier alpha value is -6.04. The summed E-state index contributed by atoms with van der Waals surface area (Å²) >= 11 is 0. The molecule has 2 aliphatic rings. The van der Waals surface area contributed by atoms with Gasteiger partial charge in [0.05, 0.1) is 48.8 Å². The lowest BCUT2D eigenvalue weighted by atomic mass is 9.98. The second-order valence-corrected chi connectivity index (χ2v) is 12.3. The van der Waals surface area contributed by atoms with Gasteiger partial charge in [-0.2, -0.15) is 0 Å². The maximum absolute atomic E-state index is 12.6. The van der Waals surface area contributed by atoms with Crippen molar-refractivity contribution in [2.45, 2.75) is 67.2 Å². The van der Waals surface area contributed by atoms with Crippen LogP contribution in [0, 0.1) is 13.8 Å². The molecule has 0 spiro atoms. The van der Waals surface area contributed by atoms with Gasteiger partial charge in [-0.15, -0.1) is 0 Å². The first-order chi connectivity index (χ1) is 24.9. The summed E-state index contributed by atoms with van der Waals surface area (Å²) in [4.78, 5) is 66.0. The zero-order chi connectivity index (χ0) is 37.7. The molecule has 5 rings (SSSR count). The number of aromatic amines is 2. The molecule has 0 fully saturated rings. The SMILES string of the molecule is C=Cc1c(C)c2cc3[nH]c(cc4nc(cc5nc(cc1[nH]2)C(C)=C5CCC(=O)OC(=O)OCC)C(CCC(=O)OC(=O)OCC)=C4C)c(C)c3C=C. The molecule has 0 radical (unpaired) electrons. The molecule has 0 saturated carbocycles. The monoisotopic (exact) mass is 706 g/mol. The molecule has 3 aromatic heterocycles. The van der Waals surface area contributed by atoms with Crippen LogP contribution < -0.4 is 0 Å². The Labute approximate surface area is 301 Å². The van der Waals surface area contributed by atoms with E-state index in [1.54, 1.807) is 19.9 Å². The fraction of sp³-hybridized carbons (Fsp3) is 0.300. The number of hydrogen-bond donors (Lipinski definition) is 2. The molecule has 12 nitrogen and oxygen atoms in total. The molecular weight excluding hydrogens is 664 g/mol. The third-order valence-electron chi connectivity index (χ3n) is 9.12. The normalized spacial score (nSPS) is 12.4. The summed E-state index contributed by atoms with van der Waals surface area (Å²) in [7, 11) is 0. The number of ether oxygens (including phenoxy) is 4. The van der Waals surface area contributed by atoms with Crippen molar-refractivity contribution in [3.63, 3.8) is 0 Å². The van der Waals surface area contributed by atoms with Gasteiger partial charge in [0.1, 0.15) is 0 Å². The number of hydrogen-bond acceptors (Lipinski definition) is 10. The minimum Gasteiger partial charge on any atom is -0.434 e. The minimum atomic E-state index is -1.05. The predicted molar refractivity (Wildman–Crippen MR) is 200 cm³/mol. The summed E-state index contributed by atoms with van der Waals surface area (Å²) in [6, 6.07) is 7.76. The molecule has 0 aliphatic carbocycles. The van der Waals surface area contributed by atoms with Gasteiger partial charge in [-0.05, 0) is 112 Å². The molecule has 0 unspecified atom stereocenters. The molecule has 270 valence electrons. The number of rotatable bonds is 10. The molecule has 2 N–H and O–H groups in total. The molecule has 0 saturated heterocycles. The van der Waals surface area contributed by atoms with E-state index in [0.29, 0.717) is 22.8 Å². The van der Waals surface area contributed by atoms with Crippen LogP contribution >= 0.6 is 0 Å². The van der Waals surface area contributed by atoms with Gasteiger partial charge in [-0.1, -0.05) is 25.3 Å². The van der Waals surface area contributed by atoms with E-state index in [1.807, 2.05) is 58.0 Å². The van der Waals surface area contributed by atoms with E-state index in [9.17, 15) is 19.2 Å². The van der Waals surface area contributed by atoms with Crippen LogP contribution in [-0.4, -0.2) is 57.4 Å². The Kier molecular flexibility index (Phi) is 11.4. The van der Waals surface area contributed by atoms with Crippen molar-refractivity contribution in [3.05, 3.63) is 82.5 Å². The zero-order valence-corrected chi connectivity index (χ0v) is 30.3. The average molecular weight is 707 g/mol. The largest absolute Gasteiger partial charge is 0.516 e. The first-order valence-corrected chi connectivity index (χ1v) is 17.0. The van der Waals surface area contributed by atoms with Crippen molar-refractivity contribution >= 4 is 80.8 Å². The van der Waals surface area contributed by atoms with Crippen LogP contribution in [0.5, 0.6) is 0 Å². The molecular formula is C40H42N4O8. The lowest BCUT2D eigenvalue weighted by Gasteiger charge is -2.07. The van der Waals surface area contributed by atoms with Crippen LogP contribution in [0.15, 0.2) is 37.4 Å². The van der Waals surface area contributed by atoms with Crippen molar-refractivity contribution in [1.29, 1.82) is 0 Å². The van der Waals surface area contributed by atoms with E-state index in [1.165, 1.54) is 0 Å². The van der Waals surface area contributed by atoms with E-state index in [4.69, 9.17) is 28.9 Å². The third-order valence-corrected chi connectivity index (χ3v) is 9.12. The summed E-state index contributed by atoms with van der Waals surface area (Å²) in [6.07, 6.45) is 1.72. The number of aromatic nitrogens is 4. The fourth-order valence-corrected chi connectivity index (χ4v) is 6.34. The molecule has 3 aromatic rings. The van der Waals surface area contributed by atoms with Crippen LogP contribution in [-0.2, 0) is 28.5 Å². The van der Waals surface area contributed by atoms with Gasteiger partial charge < -0.3 is 28.9 Å². The number of carbonyl (C=O) groups is 4. The maximum Gasteiger partial charge on any atom is 0.516 e. The van der Waals surface area contributed by atoms with Crippen LogP contribution in [0.4, 0.5) is 9.59 Å². The average Bonchev–Trinajstić information content (AvgIpc) is 3.75. The van der Waals surface area contributed by atoms with Gasteiger partial charge in [0.2, 0.25) is 0 Å². The standard InChI is InChI=1S/C40H42N4O8/c1-9-25-21(5)29-17-30-23(7)27(13-15-37(45)51-39(47)49-11-3)35(43-30)20-36-28(14-16-38(46)52-40(48)50-12-4)24(8)32(44-36)19-34-26(10-2)22(6)31(42-34)18-33(25)41-29/h9-10,17-20,41-42H,1-2,11-16H2,3-8H3. The Bertz CT molecular complexity index is 2230. The van der Waals surface area contributed by atoms with Gasteiger partial charge in [0, 0.05) is 33.2 Å². The highest BCUT2D eigenvalue weighted by Gasteiger charge is 2.24. The zero-order valence-electron chi connectivity index (χ0n) is 30.3. The molecule has 12 heteroatoms. The molecule has 5 heterocycles. The number of allylic oxidation sites excluding steroid dienone is 4. The highest BCUT2D eigenvalue weighted by Crippen LogP contribution is 2.38. The number of fused-ring (bicyclic) bond motifs is 8. The summed E-state index contributed by atoms with van der Waals surface area (Å²) in [5.41, 5.74) is 12.8. The number of nitrogens with one attached hydrogen (secondary N) is 2. The minimum absolute atomic E-state index is 0.0784. The Morgan fingerprint density at radius 3 is 1.44 bits per heavy atom. The van der Waals surface area contributed by atoms with E-state index in [2.05, 4.69) is 23.1 Å². The lowest BCUT2D eigenvalue weighted by Crippen LogP contribution is -2.13. The van der Waals surface area contributed by atoms with Gasteiger partial charge >= 0.3 is 24.2 Å². The summed E-state index contributed by atoms with van der Waals surface area (Å²) in [6.45, 7) is 19.4. The second kappa shape index (κ2) is 15.9. The molecule has 2 aliphatic heterocycles. The highest BCUT2D eigenvalue weighted by atomic mass is 16.7. The summed E-state index contributed by atoms with van der Waals surface area (Å²) in [5.74, 6) is -1.47. The van der Waals surface area contributed by atoms with Crippen molar-refractivity contribution < 1.29 is 38.1 Å². The number of H-pyrrole nitrogens is 2. The quantitative estimate of drug-likeness (QED) is 0.154. The van der Waals surface area contributed by atoms with E-state index in [0.717, 1.165) is 66.6 Å². The third kappa shape index (κ3) is 7.80. The first-order valence-electron chi connectivity index (χ1n) is 17.0. The molecule has 0 atom stereocenters. The van der Waals surface area contributed by atoms with Crippen molar-refractivity contribution in [2.24, 2.45) is 0 Å². The summed E-state index contributed by atoms with van der Waals surface area (Å²) < 4.78 is 19.2. The fourth-order valence-electron chi connectivity index (χ4n) is 6.34. The lowest BCUT2D eigenvalue weighted by molar-refractivity contribution is -0.140. The maximum atomic E-state index is 12.6. The first kappa shape index (κ1) is 37.2.